The minimum Gasteiger partial charge on any atom is -0.368 e. The zero-order valence-corrected chi connectivity index (χ0v) is 16.9. The Bertz CT molecular complexity index is 1020. The largest absolute Gasteiger partial charge is 0.368 e. The Kier molecular flexibility index (Phi) is 6.09. The number of aryl methyl sites for hydroxylation is 1. The lowest BCUT2D eigenvalue weighted by molar-refractivity contribution is 0.0746. The highest BCUT2D eigenvalue weighted by Gasteiger charge is 2.23. The summed E-state index contributed by atoms with van der Waals surface area (Å²) in [6.07, 6.45) is 4.97. The first-order valence-electron chi connectivity index (χ1n) is 10.3. The highest BCUT2D eigenvalue weighted by Crippen LogP contribution is 2.26. The summed E-state index contributed by atoms with van der Waals surface area (Å²) in [6.45, 7) is 3.65. The number of amides is 1. The molecule has 0 spiro atoms. The molecule has 0 bridgehead atoms. The first-order chi connectivity index (χ1) is 14.7. The molecule has 6 heteroatoms. The van der Waals surface area contributed by atoms with Gasteiger partial charge in [-0.15, -0.1) is 0 Å². The summed E-state index contributed by atoms with van der Waals surface area (Å²) in [7, 11) is 0. The molecule has 1 aromatic heterocycles. The highest BCUT2D eigenvalue weighted by molar-refractivity contribution is 5.94. The van der Waals surface area contributed by atoms with Crippen molar-refractivity contribution >= 4 is 11.6 Å². The number of hydrogen-bond donors (Lipinski definition) is 0. The molecular formula is C24H25N5O. The van der Waals surface area contributed by atoms with Gasteiger partial charge in [0, 0.05) is 56.2 Å². The summed E-state index contributed by atoms with van der Waals surface area (Å²) in [5.74, 6) is 0.0902. The van der Waals surface area contributed by atoms with Crippen molar-refractivity contribution < 1.29 is 4.79 Å². The Morgan fingerprint density at radius 2 is 1.83 bits per heavy atom. The Morgan fingerprint density at radius 3 is 2.53 bits per heavy atom. The second kappa shape index (κ2) is 9.27. The molecule has 1 fully saturated rings. The van der Waals surface area contributed by atoms with Crippen molar-refractivity contribution in [2.75, 3.05) is 31.1 Å². The Hall–Kier alpha value is -3.59. The molecule has 0 atom stereocenters. The van der Waals surface area contributed by atoms with E-state index in [0.29, 0.717) is 26.1 Å². The van der Waals surface area contributed by atoms with Crippen LogP contribution in [-0.2, 0) is 13.0 Å². The third-order valence-electron chi connectivity index (χ3n) is 5.49. The van der Waals surface area contributed by atoms with Gasteiger partial charge in [-0.3, -0.25) is 9.48 Å². The van der Waals surface area contributed by atoms with Crippen LogP contribution in [0.2, 0.25) is 0 Å². The van der Waals surface area contributed by atoms with Crippen molar-refractivity contribution in [2.24, 2.45) is 0 Å². The zero-order valence-electron chi connectivity index (χ0n) is 16.9. The number of aromatic nitrogens is 2. The van der Waals surface area contributed by atoms with Crippen molar-refractivity contribution in [3.63, 3.8) is 0 Å². The number of nitriles is 1. The van der Waals surface area contributed by atoms with Crippen molar-refractivity contribution in [1.29, 1.82) is 5.26 Å². The maximum atomic E-state index is 12.7. The maximum Gasteiger partial charge on any atom is 0.253 e. The molecule has 0 aliphatic carbocycles. The van der Waals surface area contributed by atoms with Crippen LogP contribution in [0.5, 0.6) is 0 Å². The predicted molar refractivity (Wildman–Crippen MR) is 116 cm³/mol. The number of piperazine rings is 1. The summed E-state index contributed by atoms with van der Waals surface area (Å²) in [4.78, 5) is 17.0. The lowest BCUT2D eigenvalue weighted by Gasteiger charge is -2.37. The molecule has 0 radical (unpaired) electrons. The number of hydrogen-bond acceptors (Lipinski definition) is 4. The van der Waals surface area contributed by atoms with E-state index >= 15 is 0 Å². The summed E-state index contributed by atoms with van der Waals surface area (Å²) in [5, 5.41) is 13.3. The predicted octanol–water partition coefficient (Wildman–Crippen LogP) is 3.35. The molecule has 30 heavy (non-hydrogen) atoms. The molecule has 2 aromatic carbocycles. The Balaban J connectivity index is 1.49. The first-order valence-corrected chi connectivity index (χ1v) is 10.3. The van der Waals surface area contributed by atoms with Crippen LogP contribution in [-0.4, -0.2) is 46.8 Å². The number of benzene rings is 2. The summed E-state index contributed by atoms with van der Waals surface area (Å²) in [5.41, 5.74) is 4.27. The third-order valence-corrected chi connectivity index (χ3v) is 5.49. The fourth-order valence-electron chi connectivity index (χ4n) is 3.90. The van der Waals surface area contributed by atoms with Gasteiger partial charge in [0.15, 0.2) is 0 Å². The lowest BCUT2D eigenvalue weighted by atomic mass is 10.0. The second-order valence-electron chi connectivity index (χ2n) is 7.47. The highest BCUT2D eigenvalue weighted by atomic mass is 16.2. The maximum absolute atomic E-state index is 12.7. The standard InChI is InChI=1S/C24H25N5O/c25-11-4-8-21-10-9-20(19-29-13-5-12-26-29)18-23(21)27-14-16-28(17-15-27)24(30)22-6-2-1-3-7-22/h1-3,5-7,9-10,12-13,18H,4,8,14-17,19H2. The SMILES string of the molecule is N#CCCc1ccc(Cn2cccn2)cc1N1CCN(C(=O)c2ccccc2)CC1. The minimum absolute atomic E-state index is 0.0902. The third kappa shape index (κ3) is 4.52. The van der Waals surface area contributed by atoms with E-state index in [4.69, 9.17) is 5.26 Å². The smallest absolute Gasteiger partial charge is 0.253 e. The average molecular weight is 399 g/mol. The quantitative estimate of drug-likeness (QED) is 0.638. The van der Waals surface area contributed by atoms with Gasteiger partial charge in [-0.05, 0) is 41.8 Å². The first kappa shape index (κ1) is 19.7. The number of nitrogens with zero attached hydrogens (tertiary/aromatic N) is 5. The monoisotopic (exact) mass is 399 g/mol. The van der Waals surface area contributed by atoms with Gasteiger partial charge in [0.05, 0.1) is 12.6 Å². The van der Waals surface area contributed by atoms with E-state index in [-0.39, 0.29) is 5.91 Å². The van der Waals surface area contributed by atoms with Crippen molar-refractivity contribution in [2.45, 2.75) is 19.4 Å². The zero-order chi connectivity index (χ0) is 20.8. The van der Waals surface area contributed by atoms with Crippen LogP contribution in [0.4, 0.5) is 5.69 Å². The summed E-state index contributed by atoms with van der Waals surface area (Å²) >= 11 is 0. The second-order valence-corrected chi connectivity index (χ2v) is 7.47. The van der Waals surface area contributed by atoms with Gasteiger partial charge < -0.3 is 9.80 Å². The molecule has 3 aromatic rings. The normalized spacial score (nSPS) is 13.8. The molecule has 2 heterocycles. The number of rotatable bonds is 6. The molecule has 6 nitrogen and oxygen atoms in total. The molecule has 1 saturated heterocycles. The summed E-state index contributed by atoms with van der Waals surface area (Å²) in [6, 6.07) is 20.1. The van der Waals surface area contributed by atoms with Crippen molar-refractivity contribution in [3.05, 3.63) is 83.7 Å². The van der Waals surface area contributed by atoms with Crippen molar-refractivity contribution in [3.8, 4) is 6.07 Å². The molecule has 4 rings (SSSR count). The van der Waals surface area contributed by atoms with E-state index in [1.165, 1.54) is 16.8 Å². The van der Waals surface area contributed by atoms with E-state index in [0.717, 1.165) is 25.1 Å². The van der Waals surface area contributed by atoms with E-state index in [9.17, 15) is 4.79 Å². The fraction of sp³-hybridized carbons (Fsp3) is 0.292. The van der Waals surface area contributed by atoms with Gasteiger partial charge in [-0.2, -0.15) is 10.4 Å². The van der Waals surface area contributed by atoms with Crippen LogP contribution in [0, 0.1) is 11.3 Å². The molecule has 1 amide bonds. The molecule has 1 aliphatic rings. The van der Waals surface area contributed by atoms with Gasteiger partial charge in [0.2, 0.25) is 0 Å². The molecule has 0 saturated carbocycles. The number of anilines is 1. The number of carbonyl (C=O) groups is 1. The lowest BCUT2D eigenvalue weighted by Crippen LogP contribution is -2.49. The van der Waals surface area contributed by atoms with Crippen LogP contribution in [0.1, 0.15) is 27.9 Å². The van der Waals surface area contributed by atoms with Gasteiger partial charge >= 0.3 is 0 Å². The van der Waals surface area contributed by atoms with Gasteiger partial charge in [-0.1, -0.05) is 30.3 Å². The Morgan fingerprint density at radius 1 is 1.03 bits per heavy atom. The van der Waals surface area contributed by atoms with E-state index in [2.05, 4.69) is 34.3 Å². The van der Waals surface area contributed by atoms with Gasteiger partial charge in [-0.25, -0.2) is 0 Å². The molecule has 0 N–H and O–H groups in total. The molecule has 1 aliphatic heterocycles. The van der Waals surface area contributed by atoms with Gasteiger partial charge in [0.1, 0.15) is 0 Å². The number of carbonyl (C=O) groups excluding carboxylic acids is 1. The Labute approximate surface area is 177 Å². The fourth-order valence-corrected chi connectivity index (χ4v) is 3.90. The van der Waals surface area contributed by atoms with Crippen molar-refractivity contribution in [1.82, 2.24) is 14.7 Å². The van der Waals surface area contributed by atoms with E-state index in [1.807, 2.05) is 52.2 Å². The van der Waals surface area contributed by atoms with Gasteiger partial charge in [0.25, 0.3) is 5.91 Å². The van der Waals surface area contributed by atoms with E-state index in [1.54, 1.807) is 6.20 Å². The van der Waals surface area contributed by atoms with E-state index < -0.39 is 0 Å². The van der Waals surface area contributed by atoms with Crippen LogP contribution >= 0.6 is 0 Å². The van der Waals surface area contributed by atoms with Crippen LogP contribution in [0.15, 0.2) is 67.0 Å². The average Bonchev–Trinajstić information content (AvgIpc) is 3.31. The van der Waals surface area contributed by atoms with Crippen LogP contribution in [0.3, 0.4) is 0 Å². The van der Waals surface area contributed by atoms with Crippen LogP contribution < -0.4 is 4.90 Å². The molecule has 152 valence electrons. The van der Waals surface area contributed by atoms with Crippen LogP contribution in [0.25, 0.3) is 0 Å². The summed E-state index contributed by atoms with van der Waals surface area (Å²) < 4.78 is 1.91. The topological polar surface area (TPSA) is 65.2 Å². The minimum atomic E-state index is 0.0902. The molecular weight excluding hydrogens is 374 g/mol. The molecule has 0 unspecified atom stereocenters.